The molecule has 27 heavy (non-hydrogen) atoms. The van der Waals surface area contributed by atoms with Crippen LogP contribution in [0, 0.1) is 46.8 Å². The topological polar surface area (TPSA) is 35.2 Å². The van der Waals surface area contributed by atoms with Crippen LogP contribution in [0.2, 0.25) is 0 Å². The zero-order valence-electron chi connectivity index (χ0n) is 19.3. The van der Waals surface area contributed by atoms with Crippen molar-refractivity contribution in [1.29, 1.82) is 0 Å². The number of ether oxygens (including phenoxy) is 1. The van der Waals surface area contributed by atoms with E-state index in [1.807, 2.05) is 34.8 Å². The summed E-state index contributed by atoms with van der Waals surface area (Å²) in [5.41, 5.74) is 6.71. The molecule has 0 spiro atoms. The minimum Gasteiger partial charge on any atom is -0.384 e. The molecule has 4 aliphatic carbocycles. The van der Waals surface area contributed by atoms with Gasteiger partial charge in [-0.05, 0) is 111 Å². The first-order valence-electron chi connectivity index (χ1n) is 12.4. The monoisotopic (exact) mass is 379 g/mol. The van der Waals surface area contributed by atoms with E-state index in [1.54, 1.807) is 0 Å². The second-order valence-electron chi connectivity index (χ2n) is 9.62. The summed E-state index contributed by atoms with van der Waals surface area (Å²) >= 11 is 0. The molecule has 4 fully saturated rings. The Kier molecular flexibility index (Phi) is 9.13. The Balaban J connectivity index is 0.000000614. The number of methoxy groups -OCH3 is 1. The third-order valence-corrected chi connectivity index (χ3v) is 8.95. The maximum absolute atomic E-state index is 6.13. The second-order valence-corrected chi connectivity index (χ2v) is 9.62. The van der Waals surface area contributed by atoms with E-state index in [0.717, 1.165) is 54.6 Å². The van der Waals surface area contributed by atoms with Crippen LogP contribution in [0.15, 0.2) is 0 Å². The average molecular weight is 380 g/mol. The number of hydrogen-bond acceptors (Lipinski definition) is 2. The fourth-order valence-corrected chi connectivity index (χ4v) is 7.83. The molecule has 0 heterocycles. The Morgan fingerprint density at radius 3 is 2.22 bits per heavy atom. The van der Waals surface area contributed by atoms with E-state index in [9.17, 15) is 0 Å². The van der Waals surface area contributed by atoms with Gasteiger partial charge in [-0.25, -0.2) is 0 Å². The van der Waals surface area contributed by atoms with Crippen LogP contribution in [0.25, 0.3) is 0 Å². The van der Waals surface area contributed by atoms with Crippen molar-refractivity contribution in [2.24, 2.45) is 52.6 Å². The highest BCUT2D eigenvalue weighted by molar-refractivity contribution is 5.06. The smallest absolute Gasteiger partial charge is 0.0490 e. The Morgan fingerprint density at radius 1 is 0.852 bits per heavy atom. The van der Waals surface area contributed by atoms with Crippen LogP contribution in [-0.4, -0.2) is 20.3 Å². The largest absolute Gasteiger partial charge is 0.384 e. The lowest BCUT2D eigenvalue weighted by atomic mass is 9.49. The molecule has 0 bridgehead atoms. The highest BCUT2D eigenvalue weighted by Gasteiger charge is 2.56. The summed E-state index contributed by atoms with van der Waals surface area (Å²) in [6.45, 7) is 12.5. The van der Waals surface area contributed by atoms with Crippen molar-refractivity contribution in [1.82, 2.24) is 0 Å². The summed E-state index contributed by atoms with van der Waals surface area (Å²) in [6.07, 6.45) is 13.2. The lowest BCUT2D eigenvalue weighted by Gasteiger charge is -2.56. The normalized spacial score (nSPS) is 45.2. The van der Waals surface area contributed by atoms with Crippen molar-refractivity contribution in [3.05, 3.63) is 0 Å². The van der Waals surface area contributed by atoms with E-state index in [-0.39, 0.29) is 0 Å². The molecule has 0 aromatic carbocycles. The van der Waals surface area contributed by atoms with Gasteiger partial charge in [0.25, 0.3) is 0 Å². The van der Waals surface area contributed by atoms with Gasteiger partial charge >= 0.3 is 0 Å². The summed E-state index contributed by atoms with van der Waals surface area (Å²) in [7, 11) is 1.87. The molecule has 0 aromatic heterocycles. The van der Waals surface area contributed by atoms with Crippen LogP contribution in [0.3, 0.4) is 0 Å². The molecule has 4 rings (SSSR count). The van der Waals surface area contributed by atoms with Gasteiger partial charge in [-0.15, -0.1) is 0 Å². The maximum atomic E-state index is 6.13. The summed E-state index contributed by atoms with van der Waals surface area (Å²) in [5, 5.41) is 0. The Morgan fingerprint density at radius 2 is 1.56 bits per heavy atom. The first-order valence-corrected chi connectivity index (χ1v) is 12.4. The van der Waals surface area contributed by atoms with E-state index in [0.29, 0.717) is 5.41 Å². The summed E-state index contributed by atoms with van der Waals surface area (Å²) in [5.74, 6) is 6.79. The zero-order chi connectivity index (χ0) is 20.0. The minimum atomic E-state index is 0.579. The van der Waals surface area contributed by atoms with Gasteiger partial charge in [0.1, 0.15) is 0 Å². The van der Waals surface area contributed by atoms with E-state index in [4.69, 9.17) is 10.5 Å². The predicted octanol–water partition coefficient (Wildman–Crippen LogP) is 6.53. The van der Waals surface area contributed by atoms with Crippen LogP contribution >= 0.6 is 0 Å². The summed E-state index contributed by atoms with van der Waals surface area (Å²) in [6, 6.07) is 0. The fourth-order valence-electron chi connectivity index (χ4n) is 7.83. The molecule has 2 N–H and O–H groups in total. The number of rotatable bonds is 3. The Labute approximate surface area is 170 Å². The SMILES string of the molecule is CC.CC.COC[C@H]1CC[C@H]2C(CC[C@@H]3C2CC[C@@]2(C)C3CC[C@@H]2CN)C1. The molecule has 4 aliphatic rings. The molecule has 2 nitrogen and oxygen atoms in total. The average Bonchev–Trinajstić information content (AvgIpc) is 3.07. The Bertz CT molecular complexity index is 425. The van der Waals surface area contributed by atoms with Crippen molar-refractivity contribution in [3.8, 4) is 0 Å². The molecule has 4 saturated carbocycles. The van der Waals surface area contributed by atoms with E-state index < -0.39 is 0 Å². The molecule has 8 atom stereocenters. The van der Waals surface area contributed by atoms with Gasteiger partial charge in [0, 0.05) is 13.7 Å². The fraction of sp³-hybridized carbons (Fsp3) is 1.00. The molecule has 0 radical (unpaired) electrons. The number of hydrogen-bond donors (Lipinski definition) is 1. The summed E-state index contributed by atoms with van der Waals surface area (Å²) in [4.78, 5) is 0. The molecule has 160 valence electrons. The quantitative estimate of drug-likeness (QED) is 0.605. The minimum absolute atomic E-state index is 0.579. The molecular weight excluding hydrogens is 330 g/mol. The molecule has 0 aromatic rings. The molecule has 0 aliphatic heterocycles. The van der Waals surface area contributed by atoms with E-state index in [2.05, 4.69) is 6.92 Å². The molecule has 2 heteroatoms. The van der Waals surface area contributed by atoms with Gasteiger partial charge in [0.2, 0.25) is 0 Å². The molecule has 0 amide bonds. The van der Waals surface area contributed by atoms with Gasteiger partial charge in [-0.2, -0.15) is 0 Å². The standard InChI is InChI=1S/C21H37NO.2C2H6/c1-21-10-9-18-17-6-3-14(13-23-2)11-15(17)4-7-19(18)20(21)8-5-16(21)12-22;2*1-2/h14-20H,3-13,22H2,1-2H3;2*1-2H3/t14-,15?,16+,17-,18?,19+,20?,21+;;/m0../s1. The number of fused-ring (bicyclic) bond motifs is 5. The van der Waals surface area contributed by atoms with Crippen molar-refractivity contribution in [2.75, 3.05) is 20.3 Å². The Hall–Kier alpha value is -0.0800. The first-order chi connectivity index (χ1) is 13.2. The zero-order valence-corrected chi connectivity index (χ0v) is 19.3. The van der Waals surface area contributed by atoms with E-state index in [1.165, 1.54) is 57.8 Å². The van der Waals surface area contributed by atoms with Crippen LogP contribution < -0.4 is 5.73 Å². The van der Waals surface area contributed by atoms with Gasteiger partial charge in [0.05, 0.1) is 0 Å². The van der Waals surface area contributed by atoms with Crippen LogP contribution in [0.4, 0.5) is 0 Å². The van der Waals surface area contributed by atoms with E-state index >= 15 is 0 Å². The third-order valence-electron chi connectivity index (χ3n) is 8.95. The van der Waals surface area contributed by atoms with Crippen LogP contribution in [-0.2, 0) is 4.74 Å². The highest BCUT2D eigenvalue weighted by atomic mass is 16.5. The van der Waals surface area contributed by atoms with Crippen LogP contribution in [0.5, 0.6) is 0 Å². The van der Waals surface area contributed by atoms with Gasteiger partial charge < -0.3 is 10.5 Å². The van der Waals surface area contributed by atoms with Crippen molar-refractivity contribution in [3.63, 3.8) is 0 Å². The molecule has 3 unspecified atom stereocenters. The van der Waals surface area contributed by atoms with Crippen molar-refractivity contribution < 1.29 is 4.74 Å². The number of nitrogens with two attached hydrogens (primary N) is 1. The molecule has 0 saturated heterocycles. The highest BCUT2D eigenvalue weighted by Crippen LogP contribution is 2.64. The van der Waals surface area contributed by atoms with Crippen LogP contribution in [0.1, 0.15) is 92.4 Å². The summed E-state index contributed by atoms with van der Waals surface area (Å²) < 4.78 is 5.45. The van der Waals surface area contributed by atoms with Crippen molar-refractivity contribution in [2.45, 2.75) is 92.4 Å². The van der Waals surface area contributed by atoms with Crippen molar-refractivity contribution >= 4 is 0 Å². The maximum Gasteiger partial charge on any atom is 0.0490 e. The first kappa shape index (κ1) is 23.2. The predicted molar refractivity (Wildman–Crippen MR) is 118 cm³/mol. The third kappa shape index (κ3) is 4.42. The van der Waals surface area contributed by atoms with Gasteiger partial charge in [-0.3, -0.25) is 0 Å². The lowest BCUT2D eigenvalue weighted by Crippen LogP contribution is -2.49. The molecular formula is C25H49NO. The van der Waals surface area contributed by atoms with Gasteiger partial charge in [-0.1, -0.05) is 34.6 Å². The lowest BCUT2D eigenvalue weighted by molar-refractivity contribution is -0.0707. The second kappa shape index (κ2) is 10.6. The van der Waals surface area contributed by atoms with Gasteiger partial charge in [0.15, 0.2) is 0 Å².